The van der Waals surface area contributed by atoms with Crippen molar-refractivity contribution in [1.82, 2.24) is 5.32 Å². The molecule has 0 atom stereocenters. The Bertz CT molecular complexity index is 606. The molecule has 0 spiro atoms. The van der Waals surface area contributed by atoms with Crippen LogP contribution in [0.2, 0.25) is 10.0 Å². The molecule has 0 radical (unpaired) electrons. The minimum Gasteiger partial charge on any atom is -0.492 e. The van der Waals surface area contributed by atoms with E-state index in [0.29, 0.717) is 28.9 Å². The fraction of sp³-hybridized carbons (Fsp3) is 0.133. The van der Waals surface area contributed by atoms with Gasteiger partial charge < -0.3 is 15.4 Å². The van der Waals surface area contributed by atoms with Crippen molar-refractivity contribution in [2.24, 2.45) is 0 Å². The van der Waals surface area contributed by atoms with Gasteiger partial charge in [-0.05, 0) is 24.3 Å². The number of para-hydroxylation sites is 1. The van der Waals surface area contributed by atoms with Gasteiger partial charge in [-0.15, -0.1) is 0 Å². The lowest BCUT2D eigenvalue weighted by Crippen LogP contribution is -2.32. The van der Waals surface area contributed by atoms with Crippen LogP contribution in [0, 0.1) is 0 Å². The normalized spacial score (nSPS) is 10.0. The van der Waals surface area contributed by atoms with Crippen LogP contribution in [0.3, 0.4) is 0 Å². The quantitative estimate of drug-likeness (QED) is 0.810. The van der Waals surface area contributed by atoms with Crippen molar-refractivity contribution in [2.75, 3.05) is 18.5 Å². The average molecular weight is 325 g/mol. The number of rotatable bonds is 5. The smallest absolute Gasteiger partial charge is 0.319 e. The first-order valence-electron chi connectivity index (χ1n) is 6.33. The Morgan fingerprint density at radius 3 is 2.57 bits per heavy atom. The summed E-state index contributed by atoms with van der Waals surface area (Å²) in [6, 6.07) is 14.1. The molecule has 21 heavy (non-hydrogen) atoms. The van der Waals surface area contributed by atoms with Gasteiger partial charge in [0.25, 0.3) is 0 Å². The van der Waals surface area contributed by atoms with Crippen molar-refractivity contribution in [1.29, 1.82) is 0 Å². The topological polar surface area (TPSA) is 50.4 Å². The van der Waals surface area contributed by atoms with E-state index in [0.717, 1.165) is 5.75 Å². The molecule has 2 aromatic rings. The largest absolute Gasteiger partial charge is 0.492 e. The molecular formula is C15H14Cl2N2O2. The van der Waals surface area contributed by atoms with Crippen molar-refractivity contribution in [3.63, 3.8) is 0 Å². The van der Waals surface area contributed by atoms with Crippen molar-refractivity contribution >= 4 is 34.9 Å². The Morgan fingerprint density at radius 2 is 1.81 bits per heavy atom. The van der Waals surface area contributed by atoms with Crippen LogP contribution in [0.5, 0.6) is 5.75 Å². The van der Waals surface area contributed by atoms with Gasteiger partial charge in [0.15, 0.2) is 0 Å². The Balaban J connectivity index is 1.74. The van der Waals surface area contributed by atoms with E-state index >= 15 is 0 Å². The zero-order valence-corrected chi connectivity index (χ0v) is 12.6. The van der Waals surface area contributed by atoms with Crippen molar-refractivity contribution in [3.8, 4) is 5.75 Å². The second-order valence-electron chi connectivity index (χ2n) is 4.14. The molecule has 0 aliphatic rings. The van der Waals surface area contributed by atoms with E-state index in [1.807, 2.05) is 30.3 Å². The minimum atomic E-state index is -0.365. The van der Waals surface area contributed by atoms with E-state index in [-0.39, 0.29) is 6.03 Å². The molecule has 0 unspecified atom stereocenters. The Labute approximate surface area is 133 Å². The zero-order chi connectivity index (χ0) is 15.1. The molecule has 0 bridgehead atoms. The monoisotopic (exact) mass is 324 g/mol. The van der Waals surface area contributed by atoms with E-state index in [1.54, 1.807) is 18.2 Å². The molecule has 4 nitrogen and oxygen atoms in total. The van der Waals surface area contributed by atoms with Crippen molar-refractivity contribution in [3.05, 3.63) is 58.6 Å². The van der Waals surface area contributed by atoms with Crippen LogP contribution in [-0.2, 0) is 0 Å². The molecule has 2 amide bonds. The second-order valence-corrected chi connectivity index (χ2v) is 4.93. The lowest BCUT2D eigenvalue weighted by molar-refractivity contribution is 0.247. The molecule has 0 aliphatic heterocycles. The summed E-state index contributed by atoms with van der Waals surface area (Å²) in [6.45, 7) is 0.750. The maximum Gasteiger partial charge on any atom is 0.319 e. The molecule has 6 heteroatoms. The number of halogens is 2. The van der Waals surface area contributed by atoms with E-state index in [9.17, 15) is 4.79 Å². The first-order chi connectivity index (χ1) is 10.2. The third-order valence-corrected chi connectivity index (χ3v) is 3.42. The average Bonchev–Trinajstić information content (AvgIpc) is 2.49. The highest BCUT2D eigenvalue weighted by atomic mass is 35.5. The molecule has 2 aromatic carbocycles. The van der Waals surface area contributed by atoms with E-state index in [2.05, 4.69) is 10.6 Å². The summed E-state index contributed by atoms with van der Waals surface area (Å²) in [5, 5.41) is 6.00. The van der Waals surface area contributed by atoms with Gasteiger partial charge in [0.2, 0.25) is 0 Å². The first kappa shape index (κ1) is 15.5. The third kappa shape index (κ3) is 4.85. The summed E-state index contributed by atoms with van der Waals surface area (Å²) in [7, 11) is 0. The molecule has 0 heterocycles. The fourth-order valence-electron chi connectivity index (χ4n) is 1.62. The van der Waals surface area contributed by atoms with Gasteiger partial charge in [-0.1, -0.05) is 47.5 Å². The lowest BCUT2D eigenvalue weighted by Gasteiger charge is -2.10. The summed E-state index contributed by atoms with van der Waals surface area (Å²) in [4.78, 5) is 11.7. The van der Waals surface area contributed by atoms with Gasteiger partial charge >= 0.3 is 6.03 Å². The fourth-order valence-corrected chi connectivity index (χ4v) is 1.96. The van der Waals surface area contributed by atoms with Crippen LogP contribution in [0.15, 0.2) is 48.5 Å². The van der Waals surface area contributed by atoms with Crippen LogP contribution < -0.4 is 15.4 Å². The molecule has 2 N–H and O–H groups in total. The van der Waals surface area contributed by atoms with Gasteiger partial charge in [-0.3, -0.25) is 0 Å². The summed E-state index contributed by atoms with van der Waals surface area (Å²) >= 11 is 11.8. The molecule has 0 saturated heterocycles. The van der Waals surface area contributed by atoms with Crippen molar-refractivity contribution < 1.29 is 9.53 Å². The summed E-state index contributed by atoms with van der Waals surface area (Å²) < 4.78 is 5.46. The maximum absolute atomic E-state index is 11.7. The van der Waals surface area contributed by atoms with E-state index in [1.165, 1.54) is 0 Å². The Hall–Kier alpha value is -1.91. The minimum absolute atomic E-state index is 0.315. The predicted molar refractivity (Wildman–Crippen MR) is 85.4 cm³/mol. The predicted octanol–water partition coefficient (Wildman–Crippen LogP) is 4.19. The summed E-state index contributed by atoms with van der Waals surface area (Å²) in [5.41, 5.74) is 0.464. The van der Waals surface area contributed by atoms with Crippen molar-refractivity contribution in [2.45, 2.75) is 0 Å². The lowest BCUT2D eigenvalue weighted by atomic mass is 10.3. The first-order valence-corrected chi connectivity index (χ1v) is 7.09. The highest BCUT2D eigenvalue weighted by Crippen LogP contribution is 2.29. The molecule has 0 fully saturated rings. The summed E-state index contributed by atoms with van der Waals surface area (Å²) in [5.74, 6) is 0.762. The number of urea groups is 1. The Morgan fingerprint density at radius 1 is 1.05 bits per heavy atom. The summed E-state index contributed by atoms with van der Waals surface area (Å²) in [6.07, 6.45) is 0. The maximum atomic E-state index is 11.7. The number of anilines is 1. The number of nitrogens with one attached hydrogen (secondary N) is 2. The van der Waals surface area contributed by atoms with Gasteiger partial charge in [0.05, 0.1) is 22.3 Å². The number of ether oxygens (including phenoxy) is 1. The van der Waals surface area contributed by atoms with Crippen LogP contribution >= 0.6 is 23.2 Å². The molecule has 110 valence electrons. The molecule has 2 rings (SSSR count). The van der Waals surface area contributed by atoms with Crippen LogP contribution in [-0.4, -0.2) is 19.2 Å². The number of carbonyl (C=O) groups is 1. The zero-order valence-electron chi connectivity index (χ0n) is 11.1. The SMILES string of the molecule is O=C(NCCOc1ccccc1)Nc1cccc(Cl)c1Cl. The number of benzene rings is 2. The van der Waals surface area contributed by atoms with Crippen LogP contribution in [0.1, 0.15) is 0 Å². The molecular weight excluding hydrogens is 311 g/mol. The Kier molecular flexibility index (Phi) is 5.72. The number of amides is 2. The highest BCUT2D eigenvalue weighted by Gasteiger charge is 2.07. The second kappa shape index (κ2) is 7.76. The number of hydrogen-bond acceptors (Lipinski definition) is 2. The van der Waals surface area contributed by atoms with Gasteiger partial charge in [-0.25, -0.2) is 4.79 Å². The number of carbonyl (C=O) groups excluding carboxylic acids is 1. The standard InChI is InChI=1S/C15H14Cl2N2O2/c16-12-7-4-8-13(14(12)17)19-15(20)18-9-10-21-11-5-2-1-3-6-11/h1-8H,9-10H2,(H2,18,19,20). The number of hydrogen-bond donors (Lipinski definition) is 2. The van der Waals surface area contributed by atoms with E-state index in [4.69, 9.17) is 27.9 Å². The van der Waals surface area contributed by atoms with Crippen LogP contribution in [0.25, 0.3) is 0 Å². The third-order valence-electron chi connectivity index (χ3n) is 2.60. The molecule has 0 aliphatic carbocycles. The molecule has 0 aromatic heterocycles. The highest BCUT2D eigenvalue weighted by molar-refractivity contribution is 6.43. The van der Waals surface area contributed by atoms with E-state index < -0.39 is 0 Å². The molecule has 0 saturated carbocycles. The van der Waals surface area contributed by atoms with Gasteiger partial charge in [0.1, 0.15) is 12.4 Å². The van der Waals surface area contributed by atoms with Gasteiger partial charge in [-0.2, -0.15) is 0 Å². The van der Waals surface area contributed by atoms with Gasteiger partial charge in [0, 0.05) is 0 Å². The van der Waals surface area contributed by atoms with Crippen LogP contribution in [0.4, 0.5) is 10.5 Å².